The van der Waals surface area contributed by atoms with E-state index >= 15 is 0 Å². The number of carbonyl (C=O) groups excluding carboxylic acids is 2. The molecular formula is C23H21NO4. The second kappa shape index (κ2) is 5.96. The number of esters is 1. The van der Waals surface area contributed by atoms with E-state index < -0.39 is 12.0 Å². The second-order valence-corrected chi connectivity index (χ2v) is 8.11. The maximum absolute atomic E-state index is 12.4. The average Bonchev–Trinajstić information content (AvgIpc) is 3.27. The van der Waals surface area contributed by atoms with Crippen LogP contribution in [-0.2, 0) is 21.4 Å². The van der Waals surface area contributed by atoms with Gasteiger partial charge in [0, 0.05) is 29.2 Å². The Morgan fingerprint density at radius 3 is 2.82 bits per heavy atom. The van der Waals surface area contributed by atoms with Gasteiger partial charge in [0.2, 0.25) is 5.91 Å². The third kappa shape index (κ3) is 2.53. The van der Waals surface area contributed by atoms with Gasteiger partial charge in [-0.1, -0.05) is 24.3 Å². The molecule has 1 aliphatic carbocycles. The maximum atomic E-state index is 12.4. The summed E-state index contributed by atoms with van der Waals surface area (Å²) in [7, 11) is 0. The number of nitrogens with one attached hydrogen (secondary N) is 1. The molecule has 0 unspecified atom stereocenters. The van der Waals surface area contributed by atoms with Crippen molar-refractivity contribution >= 4 is 22.8 Å². The number of carbonyl (C=O) groups is 2. The number of rotatable bonds is 2. The summed E-state index contributed by atoms with van der Waals surface area (Å²) in [6.45, 7) is 4.27. The SMILES string of the molecule is CC1(C)c2cc(OC(=O)[C@H]3CCC(=O)N3)ccc2Cc2c1oc1ccccc21. The number of hydrogen-bond donors (Lipinski definition) is 1. The van der Waals surface area contributed by atoms with Crippen LogP contribution in [0, 0.1) is 0 Å². The molecule has 28 heavy (non-hydrogen) atoms. The van der Waals surface area contributed by atoms with Gasteiger partial charge in [-0.3, -0.25) is 4.79 Å². The van der Waals surface area contributed by atoms with E-state index in [-0.39, 0.29) is 11.3 Å². The van der Waals surface area contributed by atoms with Crippen LogP contribution in [0.25, 0.3) is 11.0 Å². The van der Waals surface area contributed by atoms with Crippen LogP contribution in [0.5, 0.6) is 5.75 Å². The van der Waals surface area contributed by atoms with Gasteiger partial charge < -0.3 is 14.5 Å². The lowest BCUT2D eigenvalue weighted by Gasteiger charge is -2.31. The Balaban J connectivity index is 1.50. The van der Waals surface area contributed by atoms with Crippen molar-refractivity contribution < 1.29 is 18.7 Å². The molecule has 1 N–H and O–H groups in total. The van der Waals surface area contributed by atoms with Gasteiger partial charge in [0.15, 0.2) is 0 Å². The van der Waals surface area contributed by atoms with Crippen molar-refractivity contribution in [1.29, 1.82) is 0 Å². The van der Waals surface area contributed by atoms with E-state index in [1.165, 1.54) is 11.1 Å². The normalized spacial score (nSPS) is 19.8. The quantitative estimate of drug-likeness (QED) is 0.546. The number of benzene rings is 2. The molecule has 5 nitrogen and oxygen atoms in total. The molecule has 2 aliphatic rings. The molecule has 142 valence electrons. The molecule has 1 amide bonds. The van der Waals surface area contributed by atoms with Crippen LogP contribution in [0.1, 0.15) is 49.1 Å². The summed E-state index contributed by atoms with van der Waals surface area (Å²) in [5.74, 6) is 0.944. The smallest absolute Gasteiger partial charge is 0.334 e. The van der Waals surface area contributed by atoms with Gasteiger partial charge in [-0.15, -0.1) is 0 Å². The molecule has 0 spiro atoms. The highest BCUT2D eigenvalue weighted by atomic mass is 16.5. The van der Waals surface area contributed by atoms with Crippen molar-refractivity contribution in [3.05, 3.63) is 64.9 Å². The maximum Gasteiger partial charge on any atom is 0.334 e. The molecule has 5 rings (SSSR count). The summed E-state index contributed by atoms with van der Waals surface area (Å²) in [6, 6.07) is 13.3. The fourth-order valence-electron chi connectivity index (χ4n) is 4.43. The summed E-state index contributed by atoms with van der Waals surface area (Å²) in [5, 5.41) is 3.81. The number of fused-ring (bicyclic) bond motifs is 4. The van der Waals surface area contributed by atoms with E-state index in [4.69, 9.17) is 9.15 Å². The molecule has 0 bridgehead atoms. The second-order valence-electron chi connectivity index (χ2n) is 8.11. The molecule has 1 fully saturated rings. The van der Waals surface area contributed by atoms with Crippen molar-refractivity contribution in [2.45, 2.75) is 44.6 Å². The standard InChI is InChI=1S/C23H21NO4/c1-23(2)17-12-14(27-22(26)18-9-10-20(25)24-18)8-7-13(17)11-16-15-5-3-4-6-19(15)28-21(16)23/h3-8,12,18H,9-11H2,1-2H3,(H,24,25)/t18-/m1/s1. The molecule has 0 radical (unpaired) electrons. The Morgan fingerprint density at radius 1 is 1.21 bits per heavy atom. The van der Waals surface area contributed by atoms with Gasteiger partial charge in [-0.2, -0.15) is 0 Å². The lowest BCUT2D eigenvalue weighted by molar-refractivity contribution is -0.137. The Labute approximate surface area is 162 Å². The van der Waals surface area contributed by atoms with Gasteiger partial charge in [-0.25, -0.2) is 4.79 Å². The fraction of sp³-hybridized carbons (Fsp3) is 0.304. The van der Waals surface area contributed by atoms with Crippen molar-refractivity contribution in [3.63, 3.8) is 0 Å². The highest BCUT2D eigenvalue weighted by Crippen LogP contribution is 2.46. The van der Waals surface area contributed by atoms with Crippen molar-refractivity contribution in [1.82, 2.24) is 5.32 Å². The molecule has 1 aromatic heterocycles. The Bertz CT molecular complexity index is 1120. The molecule has 2 aromatic carbocycles. The monoisotopic (exact) mass is 375 g/mol. The summed E-state index contributed by atoms with van der Waals surface area (Å²) < 4.78 is 11.8. The van der Waals surface area contributed by atoms with E-state index in [1.54, 1.807) is 0 Å². The van der Waals surface area contributed by atoms with Gasteiger partial charge in [0.1, 0.15) is 23.1 Å². The topological polar surface area (TPSA) is 68.5 Å². The first-order valence-corrected chi connectivity index (χ1v) is 9.59. The first kappa shape index (κ1) is 17.0. The number of amides is 1. The molecule has 5 heteroatoms. The minimum Gasteiger partial charge on any atom is -0.460 e. The van der Waals surface area contributed by atoms with Crippen LogP contribution < -0.4 is 10.1 Å². The van der Waals surface area contributed by atoms with Crippen LogP contribution in [0.4, 0.5) is 0 Å². The highest BCUT2D eigenvalue weighted by molar-refractivity contribution is 5.89. The Morgan fingerprint density at radius 2 is 2.04 bits per heavy atom. The van der Waals surface area contributed by atoms with Crippen LogP contribution in [-0.4, -0.2) is 17.9 Å². The largest absolute Gasteiger partial charge is 0.460 e. The Hall–Kier alpha value is -3.08. The lowest BCUT2D eigenvalue weighted by Crippen LogP contribution is -2.36. The van der Waals surface area contributed by atoms with Crippen LogP contribution in [0.15, 0.2) is 46.9 Å². The fourth-order valence-corrected chi connectivity index (χ4v) is 4.43. The molecule has 3 aromatic rings. The van der Waals surface area contributed by atoms with Gasteiger partial charge in [0.05, 0.1) is 0 Å². The van der Waals surface area contributed by atoms with Gasteiger partial charge in [-0.05, 0) is 49.6 Å². The summed E-state index contributed by atoms with van der Waals surface area (Å²) >= 11 is 0. The van der Waals surface area contributed by atoms with Crippen molar-refractivity contribution in [3.8, 4) is 5.75 Å². The highest BCUT2D eigenvalue weighted by Gasteiger charge is 2.37. The summed E-state index contributed by atoms with van der Waals surface area (Å²) in [6.07, 6.45) is 1.64. The number of ether oxygens (including phenoxy) is 1. The minimum absolute atomic E-state index is 0.106. The van der Waals surface area contributed by atoms with Crippen LogP contribution >= 0.6 is 0 Å². The van der Waals surface area contributed by atoms with Crippen molar-refractivity contribution in [2.24, 2.45) is 0 Å². The molecule has 1 aliphatic heterocycles. The zero-order valence-electron chi connectivity index (χ0n) is 15.9. The van der Waals surface area contributed by atoms with E-state index in [9.17, 15) is 9.59 Å². The molecule has 1 atom stereocenters. The predicted molar refractivity (Wildman–Crippen MR) is 104 cm³/mol. The number of para-hydroxylation sites is 1. The summed E-state index contributed by atoms with van der Waals surface area (Å²) in [5.41, 5.74) is 4.09. The number of hydrogen-bond acceptors (Lipinski definition) is 4. The predicted octanol–water partition coefficient (Wildman–Crippen LogP) is 3.85. The number of furan rings is 1. The zero-order chi connectivity index (χ0) is 19.5. The average molecular weight is 375 g/mol. The summed E-state index contributed by atoms with van der Waals surface area (Å²) in [4.78, 5) is 23.7. The van der Waals surface area contributed by atoms with E-state index in [0.717, 1.165) is 28.7 Å². The third-order valence-corrected chi connectivity index (χ3v) is 5.89. The molecule has 2 heterocycles. The van der Waals surface area contributed by atoms with Crippen molar-refractivity contribution in [2.75, 3.05) is 0 Å². The van der Waals surface area contributed by atoms with Crippen LogP contribution in [0.2, 0.25) is 0 Å². The lowest BCUT2D eigenvalue weighted by atomic mass is 9.72. The van der Waals surface area contributed by atoms with E-state index in [0.29, 0.717) is 18.6 Å². The minimum atomic E-state index is -0.557. The van der Waals surface area contributed by atoms with Crippen LogP contribution in [0.3, 0.4) is 0 Å². The van der Waals surface area contributed by atoms with E-state index in [2.05, 4.69) is 25.2 Å². The molecule has 1 saturated heterocycles. The van der Waals surface area contributed by atoms with E-state index in [1.807, 2.05) is 36.4 Å². The van der Waals surface area contributed by atoms with Gasteiger partial charge >= 0.3 is 5.97 Å². The molecular weight excluding hydrogens is 354 g/mol. The first-order chi connectivity index (χ1) is 13.4. The Kier molecular flexibility index (Phi) is 3.63. The molecule has 0 saturated carbocycles. The third-order valence-electron chi connectivity index (χ3n) is 5.89. The first-order valence-electron chi connectivity index (χ1n) is 9.59. The zero-order valence-corrected chi connectivity index (χ0v) is 15.9. The van der Waals surface area contributed by atoms with Gasteiger partial charge in [0.25, 0.3) is 0 Å².